The van der Waals surface area contributed by atoms with Crippen molar-refractivity contribution < 1.29 is 19.1 Å². The Morgan fingerprint density at radius 1 is 1.00 bits per heavy atom. The van der Waals surface area contributed by atoms with Crippen molar-refractivity contribution in [2.75, 3.05) is 13.1 Å². The number of rotatable bonds is 5. The number of nitrogens with zero attached hydrogens (tertiary/aromatic N) is 3. The van der Waals surface area contributed by atoms with Gasteiger partial charge in [-0.1, -0.05) is 5.11 Å². The highest BCUT2D eigenvalue weighted by Gasteiger charge is 2.19. The van der Waals surface area contributed by atoms with Crippen molar-refractivity contribution >= 4 is 12.2 Å². The number of alkyl carbamates (subject to hydrolysis) is 2. The summed E-state index contributed by atoms with van der Waals surface area (Å²) in [4.78, 5) is 25.7. The van der Waals surface area contributed by atoms with E-state index in [1.165, 1.54) is 0 Å². The third-order valence-corrected chi connectivity index (χ3v) is 1.98. The molecule has 126 valence electrons. The zero-order chi connectivity index (χ0) is 17.4. The van der Waals surface area contributed by atoms with Gasteiger partial charge < -0.3 is 20.1 Å². The Bertz CT molecular complexity index is 401. The summed E-state index contributed by atoms with van der Waals surface area (Å²) >= 11 is 0. The zero-order valence-corrected chi connectivity index (χ0v) is 14.0. The van der Waals surface area contributed by atoms with Crippen LogP contribution in [0.3, 0.4) is 0 Å². The molecule has 0 rings (SSSR count). The molecular weight excluding hydrogens is 290 g/mol. The fourth-order valence-corrected chi connectivity index (χ4v) is 1.26. The minimum Gasteiger partial charge on any atom is -0.444 e. The number of ether oxygens (including phenoxy) is 2. The molecule has 0 saturated carbocycles. The number of hydrogen-bond donors (Lipinski definition) is 2. The van der Waals surface area contributed by atoms with Crippen LogP contribution in [0.25, 0.3) is 10.4 Å². The van der Waals surface area contributed by atoms with Crippen molar-refractivity contribution in [3.63, 3.8) is 0 Å². The van der Waals surface area contributed by atoms with E-state index >= 15 is 0 Å². The molecule has 22 heavy (non-hydrogen) atoms. The molecule has 0 fully saturated rings. The highest BCUT2D eigenvalue weighted by Crippen LogP contribution is 2.07. The van der Waals surface area contributed by atoms with Crippen LogP contribution in [0.2, 0.25) is 0 Å². The number of amides is 2. The van der Waals surface area contributed by atoms with E-state index in [1.807, 2.05) is 0 Å². The lowest BCUT2D eigenvalue weighted by Gasteiger charge is -2.22. The van der Waals surface area contributed by atoms with Gasteiger partial charge >= 0.3 is 12.2 Å². The summed E-state index contributed by atoms with van der Waals surface area (Å²) < 4.78 is 10.1. The van der Waals surface area contributed by atoms with E-state index in [4.69, 9.17) is 15.0 Å². The summed E-state index contributed by atoms with van der Waals surface area (Å²) in [6.07, 6.45) is -1.24. The Labute approximate surface area is 130 Å². The van der Waals surface area contributed by atoms with Gasteiger partial charge in [0.2, 0.25) is 0 Å². The smallest absolute Gasteiger partial charge is 0.407 e. The zero-order valence-electron chi connectivity index (χ0n) is 14.0. The van der Waals surface area contributed by atoms with Gasteiger partial charge in [0.15, 0.2) is 0 Å². The molecule has 0 unspecified atom stereocenters. The molecule has 0 aromatic carbocycles. The molecule has 0 atom stereocenters. The van der Waals surface area contributed by atoms with Crippen LogP contribution >= 0.6 is 0 Å². The summed E-state index contributed by atoms with van der Waals surface area (Å²) in [5.41, 5.74) is 7.27. The first-order valence-corrected chi connectivity index (χ1v) is 6.91. The van der Waals surface area contributed by atoms with Gasteiger partial charge in [-0.3, -0.25) is 0 Å². The topological polar surface area (TPSA) is 125 Å². The second-order valence-corrected chi connectivity index (χ2v) is 6.62. The molecule has 0 aliphatic heterocycles. The van der Waals surface area contributed by atoms with Gasteiger partial charge in [-0.25, -0.2) is 9.59 Å². The lowest BCUT2D eigenvalue weighted by atomic mass is 10.2. The molecule has 0 radical (unpaired) electrons. The summed E-state index contributed by atoms with van der Waals surface area (Å²) in [5.74, 6) is 0. The number of nitrogens with one attached hydrogen (secondary N) is 2. The molecule has 0 aromatic rings. The van der Waals surface area contributed by atoms with Crippen LogP contribution < -0.4 is 10.6 Å². The fourth-order valence-electron chi connectivity index (χ4n) is 1.26. The Kier molecular flexibility index (Phi) is 7.52. The first-order chi connectivity index (χ1) is 9.93. The van der Waals surface area contributed by atoms with E-state index in [0.717, 1.165) is 0 Å². The molecule has 0 bridgehead atoms. The Hall–Kier alpha value is -2.15. The molecule has 0 saturated heterocycles. The van der Waals surface area contributed by atoms with Gasteiger partial charge in [0.05, 0.1) is 6.04 Å². The van der Waals surface area contributed by atoms with Crippen LogP contribution in [0.15, 0.2) is 5.11 Å². The van der Waals surface area contributed by atoms with Gasteiger partial charge in [-0.15, -0.1) is 0 Å². The monoisotopic (exact) mass is 315 g/mol. The Balaban J connectivity index is 4.30. The minimum absolute atomic E-state index is 0.0365. The highest BCUT2D eigenvalue weighted by molar-refractivity contribution is 5.68. The van der Waals surface area contributed by atoms with E-state index in [-0.39, 0.29) is 13.1 Å². The highest BCUT2D eigenvalue weighted by atomic mass is 16.6. The predicted octanol–water partition coefficient (Wildman–Crippen LogP) is 2.71. The number of carbonyl (C=O) groups excluding carboxylic acids is 2. The Morgan fingerprint density at radius 2 is 1.36 bits per heavy atom. The maximum absolute atomic E-state index is 11.5. The number of hydrogen-bond acceptors (Lipinski definition) is 5. The van der Waals surface area contributed by atoms with Crippen LogP contribution in [-0.2, 0) is 9.47 Å². The van der Waals surface area contributed by atoms with Gasteiger partial charge in [0.1, 0.15) is 11.2 Å². The molecule has 0 aliphatic rings. The van der Waals surface area contributed by atoms with Crippen LogP contribution in [-0.4, -0.2) is 42.5 Å². The summed E-state index contributed by atoms with van der Waals surface area (Å²) in [6, 6.07) is -0.648. The summed E-state index contributed by atoms with van der Waals surface area (Å²) in [5, 5.41) is 8.46. The SMILES string of the molecule is CC(C)(C)OC(=O)NCC(CNC(=O)OC(C)(C)C)N=[N+]=[N-]. The quantitative estimate of drug-likeness (QED) is 0.459. The van der Waals surface area contributed by atoms with E-state index in [9.17, 15) is 9.59 Å². The van der Waals surface area contributed by atoms with Crippen LogP contribution in [0.5, 0.6) is 0 Å². The van der Waals surface area contributed by atoms with Crippen LogP contribution in [0, 0.1) is 0 Å². The average molecular weight is 315 g/mol. The number of carbonyl (C=O) groups is 2. The molecule has 2 N–H and O–H groups in total. The minimum atomic E-state index is -0.648. The molecule has 9 heteroatoms. The van der Waals surface area contributed by atoms with Crippen LogP contribution in [0.1, 0.15) is 41.5 Å². The fraction of sp³-hybridized carbons (Fsp3) is 0.846. The molecule has 0 aromatic heterocycles. The molecule has 2 amide bonds. The molecule has 9 nitrogen and oxygen atoms in total. The van der Waals surface area contributed by atoms with Gasteiger partial charge in [0.25, 0.3) is 0 Å². The van der Waals surface area contributed by atoms with Gasteiger partial charge in [-0.2, -0.15) is 0 Å². The average Bonchev–Trinajstić information content (AvgIpc) is 2.28. The van der Waals surface area contributed by atoms with E-state index in [0.29, 0.717) is 0 Å². The molecule has 0 heterocycles. The Morgan fingerprint density at radius 3 is 1.64 bits per heavy atom. The first-order valence-electron chi connectivity index (χ1n) is 6.91. The van der Waals surface area contributed by atoms with Crippen molar-refractivity contribution in [1.82, 2.24) is 10.6 Å². The predicted molar refractivity (Wildman–Crippen MR) is 81.4 cm³/mol. The van der Waals surface area contributed by atoms with Crippen molar-refractivity contribution in [3.05, 3.63) is 10.4 Å². The maximum atomic E-state index is 11.5. The third kappa shape index (κ3) is 11.7. The molecular formula is C13H25N5O4. The van der Waals surface area contributed by atoms with Crippen molar-refractivity contribution in [3.8, 4) is 0 Å². The number of azide groups is 1. The lowest BCUT2D eigenvalue weighted by Crippen LogP contribution is -2.42. The maximum Gasteiger partial charge on any atom is 0.407 e. The third-order valence-electron chi connectivity index (χ3n) is 1.98. The second-order valence-electron chi connectivity index (χ2n) is 6.62. The largest absolute Gasteiger partial charge is 0.444 e. The van der Waals surface area contributed by atoms with E-state index in [2.05, 4.69) is 20.7 Å². The van der Waals surface area contributed by atoms with E-state index in [1.54, 1.807) is 41.5 Å². The van der Waals surface area contributed by atoms with Crippen molar-refractivity contribution in [2.45, 2.75) is 58.8 Å². The summed E-state index contributed by atoms with van der Waals surface area (Å²) in [7, 11) is 0. The van der Waals surface area contributed by atoms with Crippen LogP contribution in [0.4, 0.5) is 9.59 Å². The van der Waals surface area contributed by atoms with Crippen molar-refractivity contribution in [2.24, 2.45) is 5.11 Å². The first kappa shape index (κ1) is 19.9. The molecule has 0 aliphatic carbocycles. The van der Waals surface area contributed by atoms with Gasteiger partial charge in [0, 0.05) is 18.0 Å². The second kappa shape index (κ2) is 8.33. The summed E-state index contributed by atoms with van der Waals surface area (Å²) in [6.45, 7) is 10.5. The van der Waals surface area contributed by atoms with E-state index < -0.39 is 29.4 Å². The molecule has 0 spiro atoms. The standard InChI is InChI=1S/C13H25N5O4/c1-12(2,3)21-10(19)15-7-9(17-18-14)8-16-11(20)22-13(4,5)6/h9H,7-8H2,1-6H3,(H,15,19)(H,16,20). The van der Waals surface area contributed by atoms with Crippen molar-refractivity contribution in [1.29, 1.82) is 0 Å². The normalized spacial score (nSPS) is 11.4. The lowest BCUT2D eigenvalue weighted by molar-refractivity contribution is 0.0519. The van der Waals surface area contributed by atoms with Gasteiger partial charge in [-0.05, 0) is 47.1 Å².